The summed E-state index contributed by atoms with van der Waals surface area (Å²) in [6.45, 7) is 0.963. The molecule has 82 valence electrons. The average molecular weight is 219 g/mol. The third kappa shape index (κ3) is 1.28. The zero-order valence-electron chi connectivity index (χ0n) is 8.29. The highest BCUT2D eigenvalue weighted by Crippen LogP contribution is 2.25. The van der Waals surface area contributed by atoms with E-state index in [4.69, 9.17) is 5.11 Å². The number of likely N-dealkylation sites (tertiary alicyclic amines) is 1. The van der Waals surface area contributed by atoms with E-state index in [0.29, 0.717) is 24.4 Å². The number of rotatable bonds is 1. The second-order valence-corrected chi connectivity index (χ2v) is 3.74. The summed E-state index contributed by atoms with van der Waals surface area (Å²) in [5.41, 5.74) is 1.22. The van der Waals surface area contributed by atoms with E-state index >= 15 is 0 Å². The van der Waals surface area contributed by atoms with E-state index in [9.17, 15) is 4.79 Å². The van der Waals surface area contributed by atoms with Crippen molar-refractivity contribution in [2.75, 3.05) is 13.1 Å². The molecule has 2 aromatic rings. The molecule has 0 saturated carbocycles. The Bertz CT molecular complexity index is 513. The molecule has 3 rings (SSSR count). The first-order chi connectivity index (χ1) is 7.74. The molecule has 1 aliphatic heterocycles. The number of H-pyrrole nitrogens is 1. The van der Waals surface area contributed by atoms with E-state index in [-0.39, 0.29) is 5.92 Å². The Morgan fingerprint density at radius 2 is 2.19 bits per heavy atom. The largest absolute Gasteiger partial charge is 0.465 e. The van der Waals surface area contributed by atoms with Crippen molar-refractivity contribution in [2.45, 2.75) is 5.92 Å². The summed E-state index contributed by atoms with van der Waals surface area (Å²) in [6.07, 6.45) is 2.29. The Morgan fingerprint density at radius 1 is 1.44 bits per heavy atom. The molecule has 0 spiro atoms. The third-order valence-electron chi connectivity index (χ3n) is 2.69. The Morgan fingerprint density at radius 3 is 2.88 bits per heavy atom. The number of nitrogens with one attached hydrogen (secondary N) is 1. The van der Waals surface area contributed by atoms with Gasteiger partial charge in [0.2, 0.25) is 0 Å². The standard InChI is InChI=1S/C9H9N5O2/c15-9(16)14-3-5(4-14)6-12-7-8(13-6)11-2-1-10-7/h1-2,5H,3-4H2,(H,15,16)(H,10,11,12,13). The molecule has 7 heteroatoms. The first-order valence-electron chi connectivity index (χ1n) is 4.88. The number of amides is 1. The summed E-state index contributed by atoms with van der Waals surface area (Å²) in [7, 11) is 0. The number of aromatic amines is 1. The van der Waals surface area contributed by atoms with Crippen LogP contribution in [-0.4, -0.2) is 49.1 Å². The zero-order chi connectivity index (χ0) is 11.1. The molecule has 1 aliphatic rings. The van der Waals surface area contributed by atoms with Gasteiger partial charge in [0.15, 0.2) is 11.3 Å². The second kappa shape index (κ2) is 3.16. The number of hydrogen-bond donors (Lipinski definition) is 2. The average Bonchev–Trinajstić information content (AvgIpc) is 2.57. The van der Waals surface area contributed by atoms with Gasteiger partial charge in [-0.2, -0.15) is 0 Å². The van der Waals surface area contributed by atoms with Gasteiger partial charge >= 0.3 is 6.09 Å². The summed E-state index contributed by atoms with van der Waals surface area (Å²) < 4.78 is 0. The summed E-state index contributed by atoms with van der Waals surface area (Å²) in [4.78, 5) is 27.4. The molecule has 16 heavy (non-hydrogen) atoms. The topological polar surface area (TPSA) is 95.0 Å². The Labute approximate surface area is 90.2 Å². The zero-order valence-corrected chi connectivity index (χ0v) is 8.29. The minimum absolute atomic E-state index is 0.132. The van der Waals surface area contributed by atoms with Crippen LogP contribution in [0.15, 0.2) is 12.4 Å². The number of aromatic nitrogens is 4. The highest BCUT2D eigenvalue weighted by Gasteiger charge is 2.33. The number of carboxylic acid groups (broad SMARTS) is 1. The van der Waals surface area contributed by atoms with Gasteiger partial charge in [-0.1, -0.05) is 0 Å². The molecular weight excluding hydrogens is 210 g/mol. The van der Waals surface area contributed by atoms with Crippen LogP contribution in [0.5, 0.6) is 0 Å². The fourth-order valence-corrected chi connectivity index (χ4v) is 1.77. The summed E-state index contributed by atoms with van der Waals surface area (Å²) in [5.74, 6) is 0.894. The van der Waals surface area contributed by atoms with Crippen molar-refractivity contribution in [1.29, 1.82) is 0 Å². The molecular formula is C9H9N5O2. The van der Waals surface area contributed by atoms with Crippen LogP contribution in [0.25, 0.3) is 11.3 Å². The number of imidazole rings is 1. The van der Waals surface area contributed by atoms with Gasteiger partial charge in [-0.15, -0.1) is 0 Å². The maximum Gasteiger partial charge on any atom is 0.407 e. The predicted octanol–water partition coefficient (Wildman–Crippen LogP) is 0.430. The number of hydrogen-bond acceptors (Lipinski definition) is 4. The predicted molar refractivity (Wildman–Crippen MR) is 54.0 cm³/mol. The molecule has 0 aliphatic carbocycles. The smallest absolute Gasteiger partial charge is 0.407 e. The van der Waals surface area contributed by atoms with E-state index in [1.807, 2.05) is 0 Å². The molecule has 0 bridgehead atoms. The quantitative estimate of drug-likeness (QED) is 0.725. The fourth-order valence-electron chi connectivity index (χ4n) is 1.77. The lowest BCUT2D eigenvalue weighted by Gasteiger charge is -2.35. The molecule has 0 atom stereocenters. The van der Waals surface area contributed by atoms with Crippen LogP contribution >= 0.6 is 0 Å². The van der Waals surface area contributed by atoms with E-state index in [1.165, 1.54) is 4.90 Å². The Kier molecular flexibility index (Phi) is 1.79. The molecule has 2 aromatic heterocycles. The van der Waals surface area contributed by atoms with Crippen molar-refractivity contribution in [2.24, 2.45) is 0 Å². The molecule has 1 amide bonds. The monoisotopic (exact) mass is 219 g/mol. The molecule has 0 unspecified atom stereocenters. The summed E-state index contributed by atoms with van der Waals surface area (Å²) >= 11 is 0. The molecule has 2 N–H and O–H groups in total. The van der Waals surface area contributed by atoms with Crippen molar-refractivity contribution < 1.29 is 9.90 Å². The van der Waals surface area contributed by atoms with Crippen LogP contribution in [-0.2, 0) is 0 Å². The first kappa shape index (κ1) is 9.08. The van der Waals surface area contributed by atoms with Gasteiger partial charge in [0, 0.05) is 25.5 Å². The maximum atomic E-state index is 10.6. The molecule has 1 fully saturated rings. The highest BCUT2D eigenvalue weighted by atomic mass is 16.4. The van der Waals surface area contributed by atoms with Gasteiger partial charge in [-0.3, -0.25) is 0 Å². The maximum absolute atomic E-state index is 10.6. The molecule has 1 saturated heterocycles. The van der Waals surface area contributed by atoms with E-state index < -0.39 is 6.09 Å². The molecule has 0 aromatic carbocycles. The molecule has 3 heterocycles. The van der Waals surface area contributed by atoms with E-state index in [1.54, 1.807) is 12.4 Å². The Hall–Kier alpha value is -2.18. The van der Waals surface area contributed by atoms with Gasteiger partial charge < -0.3 is 15.0 Å². The van der Waals surface area contributed by atoms with E-state index in [2.05, 4.69) is 19.9 Å². The normalized spacial score (nSPS) is 16.4. The van der Waals surface area contributed by atoms with Crippen molar-refractivity contribution in [3.8, 4) is 0 Å². The minimum Gasteiger partial charge on any atom is -0.465 e. The van der Waals surface area contributed by atoms with Gasteiger partial charge in [0.25, 0.3) is 0 Å². The van der Waals surface area contributed by atoms with Crippen molar-refractivity contribution in [3.05, 3.63) is 18.2 Å². The summed E-state index contributed by atoms with van der Waals surface area (Å²) in [6, 6.07) is 0. The summed E-state index contributed by atoms with van der Waals surface area (Å²) in [5, 5.41) is 8.71. The minimum atomic E-state index is -0.886. The van der Waals surface area contributed by atoms with E-state index in [0.717, 1.165) is 5.82 Å². The third-order valence-corrected chi connectivity index (χ3v) is 2.69. The number of fused-ring (bicyclic) bond motifs is 1. The second-order valence-electron chi connectivity index (χ2n) is 3.74. The number of nitrogens with zero attached hydrogens (tertiary/aromatic N) is 4. The van der Waals surface area contributed by atoms with Gasteiger partial charge in [0.05, 0.1) is 5.92 Å². The molecule has 0 radical (unpaired) electrons. The van der Waals surface area contributed by atoms with Gasteiger partial charge in [-0.05, 0) is 0 Å². The lowest BCUT2D eigenvalue weighted by Crippen LogP contribution is -2.48. The Balaban J connectivity index is 1.83. The van der Waals surface area contributed by atoms with Crippen LogP contribution < -0.4 is 0 Å². The van der Waals surface area contributed by atoms with Crippen LogP contribution in [0.1, 0.15) is 11.7 Å². The van der Waals surface area contributed by atoms with Crippen molar-refractivity contribution >= 4 is 17.4 Å². The molecule has 7 nitrogen and oxygen atoms in total. The van der Waals surface area contributed by atoms with Crippen molar-refractivity contribution in [1.82, 2.24) is 24.8 Å². The van der Waals surface area contributed by atoms with Crippen LogP contribution in [0, 0.1) is 0 Å². The van der Waals surface area contributed by atoms with Gasteiger partial charge in [0.1, 0.15) is 5.82 Å². The fraction of sp³-hybridized carbons (Fsp3) is 0.333. The van der Waals surface area contributed by atoms with Crippen LogP contribution in [0.4, 0.5) is 4.79 Å². The van der Waals surface area contributed by atoms with Crippen LogP contribution in [0.2, 0.25) is 0 Å². The lowest BCUT2D eigenvalue weighted by atomic mass is 10.0. The lowest BCUT2D eigenvalue weighted by molar-refractivity contribution is 0.104. The number of carbonyl (C=O) groups is 1. The van der Waals surface area contributed by atoms with Crippen molar-refractivity contribution in [3.63, 3.8) is 0 Å². The van der Waals surface area contributed by atoms with Crippen LogP contribution in [0.3, 0.4) is 0 Å². The van der Waals surface area contributed by atoms with Gasteiger partial charge in [-0.25, -0.2) is 19.7 Å². The first-order valence-corrected chi connectivity index (χ1v) is 4.88. The SMILES string of the molecule is O=C(O)N1CC(c2nc3nccnc3[nH]2)C1. The highest BCUT2D eigenvalue weighted by molar-refractivity contribution is 5.67.